The van der Waals surface area contributed by atoms with Crippen LogP contribution in [0.4, 0.5) is 0 Å². The maximum Gasteiger partial charge on any atom is 0.269 e. The molecule has 78 valence electrons. The molecular weight excluding hydrogens is 188 g/mol. The number of rotatable bonds is 1. The maximum absolute atomic E-state index is 11.1. The van der Waals surface area contributed by atoms with Crippen molar-refractivity contribution in [3.63, 3.8) is 0 Å². The van der Waals surface area contributed by atoms with Gasteiger partial charge in [-0.1, -0.05) is 0 Å². The van der Waals surface area contributed by atoms with Crippen LogP contribution in [0.5, 0.6) is 0 Å². The van der Waals surface area contributed by atoms with Gasteiger partial charge in [-0.2, -0.15) is 0 Å². The number of hydrogen-bond donors (Lipinski definition) is 1. The SMILES string of the molecule is CC(C)(C)OC1C(=O)C(=O)C(=O)C1O. The number of ether oxygens (including phenoxy) is 1. The first-order valence-electron chi connectivity index (χ1n) is 4.22. The van der Waals surface area contributed by atoms with Crippen molar-refractivity contribution in [2.24, 2.45) is 0 Å². The highest BCUT2D eigenvalue weighted by Crippen LogP contribution is 2.19. The Morgan fingerprint density at radius 1 is 1.14 bits per heavy atom. The number of ketones is 3. The van der Waals surface area contributed by atoms with Gasteiger partial charge in [-0.3, -0.25) is 14.4 Å². The van der Waals surface area contributed by atoms with Crippen molar-refractivity contribution in [2.75, 3.05) is 0 Å². The Kier molecular flexibility index (Phi) is 2.56. The van der Waals surface area contributed by atoms with E-state index in [0.717, 1.165) is 0 Å². The Hall–Kier alpha value is -1.07. The summed E-state index contributed by atoms with van der Waals surface area (Å²) in [4.78, 5) is 32.9. The van der Waals surface area contributed by atoms with Crippen molar-refractivity contribution in [1.82, 2.24) is 0 Å². The van der Waals surface area contributed by atoms with E-state index in [9.17, 15) is 19.5 Å². The first-order chi connectivity index (χ1) is 6.24. The largest absolute Gasteiger partial charge is 0.382 e. The second kappa shape index (κ2) is 3.25. The van der Waals surface area contributed by atoms with E-state index < -0.39 is 35.2 Å². The van der Waals surface area contributed by atoms with Crippen molar-refractivity contribution < 1.29 is 24.2 Å². The molecule has 5 nitrogen and oxygen atoms in total. The van der Waals surface area contributed by atoms with Crippen molar-refractivity contribution in [1.29, 1.82) is 0 Å². The Morgan fingerprint density at radius 2 is 1.64 bits per heavy atom. The van der Waals surface area contributed by atoms with Gasteiger partial charge in [-0.15, -0.1) is 0 Å². The van der Waals surface area contributed by atoms with Gasteiger partial charge in [0.1, 0.15) is 0 Å². The monoisotopic (exact) mass is 200 g/mol. The second-order valence-electron chi connectivity index (χ2n) is 4.15. The predicted octanol–water partition coefficient (Wildman–Crippen LogP) is -0.748. The average Bonchev–Trinajstić information content (AvgIpc) is 2.20. The highest BCUT2D eigenvalue weighted by Gasteiger charge is 2.50. The molecule has 0 amide bonds. The summed E-state index contributed by atoms with van der Waals surface area (Å²) in [6, 6.07) is 0. The lowest BCUT2D eigenvalue weighted by Crippen LogP contribution is -2.38. The quantitative estimate of drug-likeness (QED) is 0.563. The summed E-state index contributed by atoms with van der Waals surface area (Å²) < 4.78 is 5.12. The fraction of sp³-hybridized carbons (Fsp3) is 0.667. The molecule has 1 saturated carbocycles. The van der Waals surface area contributed by atoms with E-state index >= 15 is 0 Å². The lowest BCUT2D eigenvalue weighted by atomic mass is 10.1. The van der Waals surface area contributed by atoms with E-state index in [1.54, 1.807) is 20.8 Å². The summed E-state index contributed by atoms with van der Waals surface area (Å²) in [5, 5.41) is 9.25. The van der Waals surface area contributed by atoms with Crippen LogP contribution in [0, 0.1) is 0 Å². The number of Topliss-reactive ketones (excluding diaryl/α,β-unsaturated/α-hetero) is 3. The summed E-state index contributed by atoms with van der Waals surface area (Å²) >= 11 is 0. The molecule has 2 atom stereocenters. The van der Waals surface area contributed by atoms with E-state index in [1.165, 1.54) is 0 Å². The third kappa shape index (κ3) is 1.88. The minimum Gasteiger partial charge on any atom is -0.382 e. The van der Waals surface area contributed by atoms with E-state index in [-0.39, 0.29) is 0 Å². The van der Waals surface area contributed by atoms with Crippen LogP contribution in [-0.2, 0) is 19.1 Å². The number of carbonyl (C=O) groups is 3. The van der Waals surface area contributed by atoms with Crippen LogP contribution in [0.15, 0.2) is 0 Å². The molecule has 0 bridgehead atoms. The first-order valence-corrected chi connectivity index (χ1v) is 4.22. The number of carbonyl (C=O) groups excluding carboxylic acids is 3. The molecule has 0 aromatic carbocycles. The fourth-order valence-electron chi connectivity index (χ4n) is 1.16. The summed E-state index contributed by atoms with van der Waals surface area (Å²) in [6.07, 6.45) is -2.98. The summed E-state index contributed by atoms with van der Waals surface area (Å²) in [7, 11) is 0. The van der Waals surface area contributed by atoms with E-state index in [4.69, 9.17) is 4.74 Å². The first kappa shape index (κ1) is 11.0. The van der Waals surface area contributed by atoms with Gasteiger partial charge in [0.25, 0.3) is 5.78 Å². The van der Waals surface area contributed by atoms with Gasteiger partial charge >= 0.3 is 0 Å². The molecule has 14 heavy (non-hydrogen) atoms. The summed E-state index contributed by atoms with van der Waals surface area (Å²) in [6.45, 7) is 5.00. The molecule has 0 aromatic rings. The van der Waals surface area contributed by atoms with Crippen LogP contribution in [0.3, 0.4) is 0 Å². The fourth-order valence-corrected chi connectivity index (χ4v) is 1.16. The second-order valence-corrected chi connectivity index (χ2v) is 4.15. The molecule has 0 radical (unpaired) electrons. The molecule has 0 aromatic heterocycles. The third-order valence-corrected chi connectivity index (χ3v) is 1.74. The number of hydrogen-bond acceptors (Lipinski definition) is 5. The van der Waals surface area contributed by atoms with Gasteiger partial charge in [-0.05, 0) is 20.8 Å². The summed E-state index contributed by atoms with van der Waals surface area (Å²) in [5.74, 6) is -3.21. The molecule has 2 unspecified atom stereocenters. The normalized spacial score (nSPS) is 28.7. The highest BCUT2D eigenvalue weighted by atomic mass is 16.5. The Morgan fingerprint density at radius 3 is 1.93 bits per heavy atom. The standard InChI is InChI=1S/C9H12O5/c1-9(2,3)14-8-6(12)4(10)5(11)7(8)13/h6,8,12H,1-3H3. The molecule has 1 aliphatic rings. The maximum atomic E-state index is 11.1. The van der Waals surface area contributed by atoms with Crippen LogP contribution < -0.4 is 0 Å². The molecule has 0 spiro atoms. The molecule has 0 heterocycles. The molecule has 5 heteroatoms. The molecule has 0 saturated heterocycles. The van der Waals surface area contributed by atoms with E-state index in [2.05, 4.69) is 0 Å². The van der Waals surface area contributed by atoms with Crippen molar-refractivity contribution in [3.05, 3.63) is 0 Å². The van der Waals surface area contributed by atoms with Gasteiger partial charge in [0.2, 0.25) is 11.6 Å². The van der Waals surface area contributed by atoms with Crippen molar-refractivity contribution >= 4 is 17.3 Å². The Bertz CT molecular complexity index is 299. The zero-order valence-electron chi connectivity index (χ0n) is 8.23. The number of aliphatic hydroxyl groups is 1. The van der Waals surface area contributed by atoms with Gasteiger partial charge in [0.05, 0.1) is 5.60 Å². The lowest BCUT2D eigenvalue weighted by molar-refractivity contribution is -0.149. The van der Waals surface area contributed by atoms with Crippen molar-refractivity contribution in [3.8, 4) is 0 Å². The zero-order valence-corrected chi connectivity index (χ0v) is 8.23. The number of aliphatic hydroxyl groups excluding tert-OH is 1. The van der Waals surface area contributed by atoms with E-state index in [1.807, 2.05) is 0 Å². The van der Waals surface area contributed by atoms with Gasteiger partial charge in [0, 0.05) is 0 Å². The van der Waals surface area contributed by atoms with Crippen molar-refractivity contribution in [2.45, 2.75) is 38.6 Å². The highest BCUT2D eigenvalue weighted by molar-refractivity contribution is 6.69. The van der Waals surface area contributed by atoms with Crippen LogP contribution in [0.2, 0.25) is 0 Å². The van der Waals surface area contributed by atoms with Crippen LogP contribution in [0.1, 0.15) is 20.8 Å². The smallest absolute Gasteiger partial charge is 0.269 e. The molecule has 0 aliphatic heterocycles. The van der Waals surface area contributed by atoms with Crippen LogP contribution in [0.25, 0.3) is 0 Å². The lowest BCUT2D eigenvalue weighted by Gasteiger charge is -2.24. The summed E-state index contributed by atoms with van der Waals surface area (Å²) in [5.41, 5.74) is -0.688. The Labute approximate surface area is 81.0 Å². The third-order valence-electron chi connectivity index (χ3n) is 1.74. The molecule has 1 fully saturated rings. The predicted molar refractivity (Wildman–Crippen MR) is 45.7 cm³/mol. The molecule has 1 aliphatic carbocycles. The minimum atomic E-state index is -1.64. The van der Waals surface area contributed by atoms with Crippen LogP contribution in [-0.4, -0.2) is 40.3 Å². The topological polar surface area (TPSA) is 80.7 Å². The molecular formula is C9H12O5. The molecule has 1 rings (SSSR count). The van der Waals surface area contributed by atoms with E-state index in [0.29, 0.717) is 0 Å². The Balaban J connectivity index is 2.86. The average molecular weight is 200 g/mol. The van der Waals surface area contributed by atoms with Gasteiger partial charge in [-0.25, -0.2) is 0 Å². The van der Waals surface area contributed by atoms with Crippen LogP contribution >= 0.6 is 0 Å². The molecule has 1 N–H and O–H groups in total. The van der Waals surface area contributed by atoms with Gasteiger partial charge < -0.3 is 9.84 Å². The zero-order chi connectivity index (χ0) is 11.1. The van der Waals surface area contributed by atoms with Gasteiger partial charge in [0.15, 0.2) is 12.2 Å². The minimum absolute atomic E-state index is 0.688.